The van der Waals surface area contributed by atoms with E-state index in [1.165, 1.54) is 12.1 Å². The van der Waals surface area contributed by atoms with Crippen LogP contribution in [0.3, 0.4) is 0 Å². The van der Waals surface area contributed by atoms with E-state index in [4.69, 9.17) is 10.4 Å². The van der Waals surface area contributed by atoms with Gasteiger partial charge in [-0.15, -0.1) is 13.2 Å². The molecule has 0 saturated carbocycles. The molecule has 80 valence electrons. The lowest BCUT2D eigenvalue weighted by Gasteiger charge is -2.12. The minimum atomic E-state index is -4.89. The molecule has 0 bridgehead atoms. The van der Waals surface area contributed by atoms with Crippen LogP contribution in [0.1, 0.15) is 5.56 Å². The zero-order chi connectivity index (χ0) is 11.5. The summed E-state index contributed by atoms with van der Waals surface area (Å²) in [4.78, 5) is 0. The average Bonchev–Trinajstić information content (AvgIpc) is 2.10. The fraction of sp³-hybridized carbons (Fsp3) is 0.222. The van der Waals surface area contributed by atoms with Crippen molar-refractivity contribution in [3.63, 3.8) is 0 Å². The van der Waals surface area contributed by atoms with Crippen LogP contribution in [0.4, 0.5) is 13.2 Å². The normalized spacial score (nSPS) is 10.8. The maximum atomic E-state index is 11.9. The summed E-state index contributed by atoms with van der Waals surface area (Å²) in [5.41, 5.74) is -0.00479. The molecule has 0 heterocycles. The molecule has 1 aromatic rings. The Morgan fingerprint density at radius 1 is 1.40 bits per heavy atom. The number of nitrogens with zero attached hydrogens (tertiary/aromatic N) is 1. The van der Waals surface area contributed by atoms with Gasteiger partial charge in [0.2, 0.25) is 0 Å². The molecule has 0 radical (unpaired) electrons. The smallest absolute Gasteiger partial charge is 0.504 e. The molecule has 3 nitrogen and oxygen atoms in total. The molecule has 0 aliphatic carbocycles. The van der Waals surface area contributed by atoms with Crippen molar-refractivity contribution in [2.75, 3.05) is 0 Å². The van der Waals surface area contributed by atoms with Crippen molar-refractivity contribution >= 4 is 0 Å². The highest BCUT2D eigenvalue weighted by molar-refractivity contribution is 5.46. The van der Waals surface area contributed by atoms with Crippen LogP contribution in [0.2, 0.25) is 0 Å². The van der Waals surface area contributed by atoms with Crippen LogP contribution in [0, 0.1) is 11.3 Å². The molecule has 1 N–H and O–H groups in total. The lowest BCUT2D eigenvalue weighted by Crippen LogP contribution is -2.18. The van der Waals surface area contributed by atoms with Crippen LogP contribution in [0.25, 0.3) is 0 Å². The Bertz CT molecular complexity index is 395. The molecule has 0 aromatic heterocycles. The third kappa shape index (κ3) is 3.06. The van der Waals surface area contributed by atoms with Gasteiger partial charge in [0.15, 0.2) is 11.5 Å². The lowest BCUT2D eigenvalue weighted by molar-refractivity contribution is -0.275. The Hall–Kier alpha value is -1.90. The Kier molecular flexibility index (Phi) is 3.04. The summed E-state index contributed by atoms with van der Waals surface area (Å²) in [6, 6.07) is 5.36. The minimum Gasteiger partial charge on any atom is -0.504 e. The number of phenols is 1. The van der Waals surface area contributed by atoms with Gasteiger partial charge in [-0.3, -0.25) is 0 Å². The molecule has 0 saturated heterocycles. The highest BCUT2D eigenvalue weighted by Crippen LogP contribution is 2.34. The van der Waals surface area contributed by atoms with E-state index in [9.17, 15) is 13.2 Å². The zero-order valence-corrected chi connectivity index (χ0v) is 7.38. The molecule has 1 rings (SSSR count). The Labute approximate surface area is 83.3 Å². The summed E-state index contributed by atoms with van der Waals surface area (Å²) < 4.78 is 39.4. The minimum absolute atomic E-state index is 0.00479. The average molecular weight is 217 g/mol. The van der Waals surface area contributed by atoms with E-state index in [2.05, 4.69) is 4.74 Å². The summed E-state index contributed by atoms with van der Waals surface area (Å²) in [5, 5.41) is 17.5. The van der Waals surface area contributed by atoms with Gasteiger partial charge < -0.3 is 9.84 Å². The first-order valence-corrected chi connectivity index (χ1v) is 3.87. The third-order valence-corrected chi connectivity index (χ3v) is 1.56. The Morgan fingerprint density at radius 3 is 2.60 bits per heavy atom. The van der Waals surface area contributed by atoms with Gasteiger partial charge >= 0.3 is 6.36 Å². The summed E-state index contributed by atoms with van der Waals surface area (Å²) >= 11 is 0. The largest absolute Gasteiger partial charge is 0.573 e. The lowest BCUT2D eigenvalue weighted by atomic mass is 10.1. The molecule has 0 fully saturated rings. The number of phenolic OH excluding ortho intramolecular Hbond substituents is 1. The number of rotatable bonds is 2. The van der Waals surface area contributed by atoms with Crippen molar-refractivity contribution in [3.05, 3.63) is 23.8 Å². The highest BCUT2D eigenvalue weighted by Gasteiger charge is 2.33. The fourth-order valence-corrected chi connectivity index (χ4v) is 1.03. The molecule has 1 aromatic carbocycles. The molecule has 0 spiro atoms. The second-order valence-corrected chi connectivity index (χ2v) is 2.65. The molecule has 0 amide bonds. The van der Waals surface area contributed by atoms with Gasteiger partial charge in [0.1, 0.15) is 0 Å². The summed E-state index contributed by atoms with van der Waals surface area (Å²) in [6.07, 6.45) is -5.15. The van der Waals surface area contributed by atoms with Crippen LogP contribution in [0.15, 0.2) is 18.2 Å². The van der Waals surface area contributed by atoms with Crippen LogP contribution in [0.5, 0.6) is 11.5 Å². The standard InChI is InChI=1S/C9H6F3NO2/c10-9(11,12)15-8-6(4-5-13)2-1-3-7(8)14/h1-3,14H,4H2. The van der Waals surface area contributed by atoms with Crippen LogP contribution in [-0.2, 0) is 6.42 Å². The van der Waals surface area contributed by atoms with E-state index in [0.29, 0.717) is 0 Å². The predicted molar refractivity (Wildman–Crippen MR) is 44.1 cm³/mol. The van der Waals surface area contributed by atoms with Gasteiger partial charge in [-0.2, -0.15) is 5.26 Å². The number of alkyl halides is 3. The topological polar surface area (TPSA) is 53.2 Å². The molecule has 0 aliphatic rings. The van der Waals surface area contributed by atoms with Crippen molar-refractivity contribution in [3.8, 4) is 17.6 Å². The summed E-state index contributed by atoms with van der Waals surface area (Å²) in [6.45, 7) is 0. The maximum Gasteiger partial charge on any atom is 0.573 e. The number of hydrogen-bond donors (Lipinski definition) is 1. The van der Waals surface area contributed by atoms with Gasteiger partial charge in [-0.05, 0) is 6.07 Å². The van der Waals surface area contributed by atoms with Gasteiger partial charge in [0.05, 0.1) is 12.5 Å². The second kappa shape index (κ2) is 4.09. The second-order valence-electron chi connectivity index (χ2n) is 2.65. The first-order chi connectivity index (χ1) is 6.94. The molecule has 0 atom stereocenters. The van der Waals surface area contributed by atoms with Gasteiger partial charge in [0, 0.05) is 5.56 Å². The predicted octanol–water partition coefficient (Wildman–Crippen LogP) is 2.36. The fourth-order valence-electron chi connectivity index (χ4n) is 1.03. The summed E-state index contributed by atoms with van der Waals surface area (Å²) in [7, 11) is 0. The molecule has 15 heavy (non-hydrogen) atoms. The van der Waals surface area contributed by atoms with Crippen LogP contribution >= 0.6 is 0 Å². The number of nitriles is 1. The summed E-state index contributed by atoms with van der Waals surface area (Å²) in [5.74, 6) is -1.35. The monoisotopic (exact) mass is 217 g/mol. The number of benzene rings is 1. The molecular formula is C9H6F3NO2. The van der Waals surface area contributed by atoms with Gasteiger partial charge in [-0.1, -0.05) is 12.1 Å². The Balaban J connectivity index is 3.09. The quantitative estimate of drug-likeness (QED) is 0.827. The molecule has 6 heteroatoms. The van der Waals surface area contributed by atoms with Crippen molar-refractivity contribution in [1.29, 1.82) is 5.26 Å². The number of halogens is 3. The van der Waals surface area contributed by atoms with E-state index in [1.54, 1.807) is 6.07 Å². The van der Waals surface area contributed by atoms with Crippen LogP contribution in [-0.4, -0.2) is 11.5 Å². The number of ether oxygens (including phenoxy) is 1. The van der Waals surface area contributed by atoms with Crippen molar-refractivity contribution < 1.29 is 23.0 Å². The van der Waals surface area contributed by atoms with Gasteiger partial charge in [-0.25, -0.2) is 0 Å². The van der Waals surface area contributed by atoms with Crippen molar-refractivity contribution in [1.82, 2.24) is 0 Å². The van der Waals surface area contributed by atoms with Crippen molar-refractivity contribution in [2.45, 2.75) is 12.8 Å². The Morgan fingerprint density at radius 2 is 2.07 bits per heavy atom. The molecular weight excluding hydrogens is 211 g/mol. The number of para-hydroxylation sites is 1. The van der Waals surface area contributed by atoms with E-state index in [1.807, 2.05) is 0 Å². The van der Waals surface area contributed by atoms with Gasteiger partial charge in [0.25, 0.3) is 0 Å². The van der Waals surface area contributed by atoms with Crippen LogP contribution < -0.4 is 4.74 Å². The molecule has 0 unspecified atom stereocenters. The maximum absolute atomic E-state index is 11.9. The van der Waals surface area contributed by atoms with Crippen molar-refractivity contribution in [2.24, 2.45) is 0 Å². The molecule has 0 aliphatic heterocycles. The number of aromatic hydroxyl groups is 1. The first-order valence-electron chi connectivity index (χ1n) is 3.87. The zero-order valence-electron chi connectivity index (χ0n) is 7.38. The van der Waals surface area contributed by atoms with E-state index >= 15 is 0 Å². The first kappa shape index (κ1) is 11.2. The van der Waals surface area contributed by atoms with E-state index in [-0.39, 0.29) is 12.0 Å². The van der Waals surface area contributed by atoms with E-state index in [0.717, 1.165) is 6.07 Å². The SMILES string of the molecule is N#CCc1cccc(O)c1OC(F)(F)F. The van der Waals surface area contributed by atoms with E-state index < -0.39 is 17.9 Å². The number of hydrogen-bond acceptors (Lipinski definition) is 3. The third-order valence-electron chi connectivity index (χ3n) is 1.56. The highest BCUT2D eigenvalue weighted by atomic mass is 19.4.